The number of thioether (sulfide) groups is 1. The maximum Gasteiger partial charge on any atom is 0.221 e. The number of nitrogens with one attached hydrogen (secondary N) is 2. The van der Waals surface area contributed by atoms with Crippen LogP contribution in [0.4, 0.5) is 10.8 Å². The summed E-state index contributed by atoms with van der Waals surface area (Å²) in [4.78, 5) is 12.4. The van der Waals surface area contributed by atoms with E-state index in [1.807, 2.05) is 6.26 Å². The Labute approximate surface area is 109 Å². The monoisotopic (exact) mass is 272 g/mol. The second-order valence-corrected chi connectivity index (χ2v) is 5.54. The van der Waals surface area contributed by atoms with E-state index in [-0.39, 0.29) is 5.91 Å². The Morgan fingerprint density at radius 3 is 3.06 bits per heavy atom. The molecule has 1 aliphatic carbocycles. The van der Waals surface area contributed by atoms with E-state index < -0.39 is 0 Å². The highest BCUT2D eigenvalue weighted by molar-refractivity contribution is 7.99. The summed E-state index contributed by atoms with van der Waals surface area (Å²) in [6.45, 7) is 0.619. The molecule has 2 rings (SSSR count). The van der Waals surface area contributed by atoms with Gasteiger partial charge in [0.2, 0.25) is 5.91 Å². The van der Waals surface area contributed by atoms with Crippen LogP contribution in [0.1, 0.15) is 19.3 Å². The summed E-state index contributed by atoms with van der Waals surface area (Å²) in [6, 6.07) is 0.434. The molecule has 1 aromatic rings. The van der Waals surface area contributed by atoms with Gasteiger partial charge in [-0.05, 0) is 30.6 Å². The SMILES string of the molecule is CSc1c(N)nsc1NCCC(=O)NC1CC1. The third-order valence-corrected chi connectivity index (χ3v) is 4.23. The molecule has 1 fully saturated rings. The molecule has 17 heavy (non-hydrogen) atoms. The van der Waals surface area contributed by atoms with Crippen LogP contribution in [0.2, 0.25) is 0 Å². The van der Waals surface area contributed by atoms with Gasteiger partial charge in [0, 0.05) is 19.0 Å². The van der Waals surface area contributed by atoms with Crippen molar-refractivity contribution in [2.45, 2.75) is 30.2 Å². The number of carbonyl (C=O) groups excluding carboxylic acids is 1. The van der Waals surface area contributed by atoms with Gasteiger partial charge in [-0.1, -0.05) is 0 Å². The standard InChI is InChI=1S/C10H16N4OS2/c1-16-8-9(11)14-17-10(8)12-5-4-7(15)13-6-2-3-6/h6,12H,2-5H2,1H3,(H2,11,14)(H,13,15). The van der Waals surface area contributed by atoms with Crippen LogP contribution in [0.15, 0.2) is 4.90 Å². The van der Waals surface area contributed by atoms with Gasteiger partial charge in [0.05, 0.1) is 4.90 Å². The van der Waals surface area contributed by atoms with E-state index >= 15 is 0 Å². The Hall–Kier alpha value is -0.950. The second kappa shape index (κ2) is 5.59. The average Bonchev–Trinajstić information content (AvgIpc) is 3.03. The largest absolute Gasteiger partial charge is 0.382 e. The Kier molecular flexibility index (Phi) is 4.11. The smallest absolute Gasteiger partial charge is 0.221 e. The highest BCUT2D eigenvalue weighted by Crippen LogP contribution is 2.34. The summed E-state index contributed by atoms with van der Waals surface area (Å²) in [5, 5.41) is 7.11. The number of nitrogens with two attached hydrogens (primary N) is 1. The molecular formula is C10H16N4OS2. The van der Waals surface area contributed by atoms with Gasteiger partial charge in [0.25, 0.3) is 0 Å². The molecule has 0 spiro atoms. The normalized spacial score (nSPS) is 14.6. The van der Waals surface area contributed by atoms with Crippen molar-refractivity contribution >= 4 is 40.0 Å². The second-order valence-electron chi connectivity index (χ2n) is 3.95. The van der Waals surface area contributed by atoms with Crippen molar-refractivity contribution in [1.29, 1.82) is 0 Å². The van der Waals surface area contributed by atoms with Crippen LogP contribution >= 0.6 is 23.3 Å². The van der Waals surface area contributed by atoms with Crippen molar-refractivity contribution < 1.29 is 4.79 Å². The molecule has 4 N–H and O–H groups in total. The van der Waals surface area contributed by atoms with Crippen LogP contribution in [0, 0.1) is 0 Å². The van der Waals surface area contributed by atoms with Gasteiger partial charge < -0.3 is 16.4 Å². The predicted octanol–water partition coefficient (Wildman–Crippen LogP) is 1.53. The molecule has 0 radical (unpaired) electrons. The van der Waals surface area contributed by atoms with Crippen molar-refractivity contribution in [3.8, 4) is 0 Å². The van der Waals surface area contributed by atoms with E-state index in [1.54, 1.807) is 11.8 Å². The summed E-state index contributed by atoms with van der Waals surface area (Å²) in [5.41, 5.74) is 5.72. The highest BCUT2D eigenvalue weighted by atomic mass is 32.2. The van der Waals surface area contributed by atoms with Crippen molar-refractivity contribution in [2.24, 2.45) is 0 Å². The number of anilines is 2. The maximum absolute atomic E-state index is 11.5. The lowest BCUT2D eigenvalue weighted by Crippen LogP contribution is -2.27. The number of amides is 1. The minimum Gasteiger partial charge on any atom is -0.382 e. The van der Waals surface area contributed by atoms with Crippen LogP contribution in [-0.2, 0) is 4.79 Å². The first-order valence-corrected chi connectivity index (χ1v) is 7.53. The number of carbonyl (C=O) groups is 1. The fourth-order valence-electron chi connectivity index (χ4n) is 1.42. The molecule has 1 saturated carbocycles. The molecular weight excluding hydrogens is 256 g/mol. The summed E-state index contributed by atoms with van der Waals surface area (Å²) in [5.74, 6) is 0.677. The van der Waals surface area contributed by atoms with Gasteiger partial charge in [-0.2, -0.15) is 4.37 Å². The fourth-order valence-corrected chi connectivity index (χ4v) is 2.99. The molecule has 1 aliphatic rings. The van der Waals surface area contributed by atoms with Crippen molar-refractivity contribution in [3.05, 3.63) is 0 Å². The minimum atomic E-state index is 0.114. The van der Waals surface area contributed by atoms with E-state index in [0.717, 1.165) is 22.7 Å². The van der Waals surface area contributed by atoms with E-state index in [2.05, 4.69) is 15.0 Å². The van der Waals surface area contributed by atoms with E-state index in [1.165, 1.54) is 11.5 Å². The zero-order chi connectivity index (χ0) is 12.3. The topological polar surface area (TPSA) is 80.0 Å². The molecule has 0 atom stereocenters. The zero-order valence-corrected chi connectivity index (χ0v) is 11.3. The van der Waals surface area contributed by atoms with Gasteiger partial charge in [-0.15, -0.1) is 11.8 Å². The molecule has 0 aromatic carbocycles. The lowest BCUT2D eigenvalue weighted by molar-refractivity contribution is -0.120. The van der Waals surface area contributed by atoms with Crippen LogP contribution in [-0.4, -0.2) is 29.1 Å². The highest BCUT2D eigenvalue weighted by Gasteiger charge is 2.22. The molecule has 0 unspecified atom stereocenters. The number of nitrogens with zero attached hydrogens (tertiary/aromatic N) is 1. The summed E-state index contributed by atoms with van der Waals surface area (Å²) >= 11 is 2.91. The quantitative estimate of drug-likeness (QED) is 0.684. The first kappa shape index (κ1) is 12.5. The average molecular weight is 272 g/mol. The summed E-state index contributed by atoms with van der Waals surface area (Å²) in [6.07, 6.45) is 4.70. The van der Waals surface area contributed by atoms with Crippen molar-refractivity contribution in [3.63, 3.8) is 0 Å². The Balaban J connectivity index is 1.74. The first-order valence-electron chi connectivity index (χ1n) is 5.53. The number of nitrogen functional groups attached to an aromatic ring is 1. The minimum absolute atomic E-state index is 0.114. The molecule has 1 aromatic heterocycles. The predicted molar refractivity (Wildman–Crippen MR) is 72.6 cm³/mol. The summed E-state index contributed by atoms with van der Waals surface area (Å²) < 4.78 is 4.08. The molecule has 94 valence electrons. The Morgan fingerprint density at radius 2 is 2.41 bits per heavy atom. The zero-order valence-electron chi connectivity index (χ0n) is 9.66. The van der Waals surface area contributed by atoms with Gasteiger partial charge in [-0.25, -0.2) is 0 Å². The lowest BCUT2D eigenvalue weighted by Gasteiger charge is -2.05. The number of hydrogen-bond donors (Lipinski definition) is 3. The van der Waals surface area contributed by atoms with Gasteiger partial charge in [-0.3, -0.25) is 4.79 Å². The number of hydrogen-bond acceptors (Lipinski definition) is 6. The fraction of sp³-hybridized carbons (Fsp3) is 0.600. The molecule has 0 bridgehead atoms. The lowest BCUT2D eigenvalue weighted by atomic mass is 10.4. The van der Waals surface area contributed by atoms with Crippen molar-refractivity contribution in [1.82, 2.24) is 9.69 Å². The molecule has 0 aliphatic heterocycles. The molecule has 7 heteroatoms. The van der Waals surface area contributed by atoms with E-state index in [4.69, 9.17) is 5.73 Å². The van der Waals surface area contributed by atoms with Crippen LogP contribution < -0.4 is 16.4 Å². The third-order valence-electron chi connectivity index (χ3n) is 2.46. The van der Waals surface area contributed by atoms with Crippen LogP contribution in [0.5, 0.6) is 0 Å². The van der Waals surface area contributed by atoms with Crippen LogP contribution in [0.25, 0.3) is 0 Å². The van der Waals surface area contributed by atoms with E-state index in [9.17, 15) is 4.79 Å². The Morgan fingerprint density at radius 1 is 1.65 bits per heavy atom. The van der Waals surface area contributed by atoms with Gasteiger partial charge >= 0.3 is 0 Å². The van der Waals surface area contributed by atoms with Gasteiger partial charge in [0.15, 0.2) is 5.82 Å². The number of aromatic nitrogens is 1. The van der Waals surface area contributed by atoms with Crippen molar-refractivity contribution in [2.75, 3.05) is 23.9 Å². The number of rotatable bonds is 6. The molecule has 1 heterocycles. The first-order chi connectivity index (χ1) is 8.20. The van der Waals surface area contributed by atoms with Gasteiger partial charge in [0.1, 0.15) is 5.00 Å². The Bertz CT molecular complexity index is 403. The third kappa shape index (κ3) is 3.50. The molecule has 5 nitrogen and oxygen atoms in total. The molecule has 0 saturated heterocycles. The molecule has 1 amide bonds. The summed E-state index contributed by atoms with van der Waals surface area (Å²) in [7, 11) is 0. The maximum atomic E-state index is 11.5. The van der Waals surface area contributed by atoms with E-state index in [0.29, 0.717) is 24.8 Å². The van der Waals surface area contributed by atoms with Crippen LogP contribution in [0.3, 0.4) is 0 Å².